The number of benzene rings is 2. The number of rotatable bonds is 7. The van der Waals surface area contributed by atoms with Gasteiger partial charge in [0.1, 0.15) is 5.82 Å². The first kappa shape index (κ1) is 25.9. The number of hydrogen-bond acceptors (Lipinski definition) is 7. The summed E-state index contributed by atoms with van der Waals surface area (Å²) < 4.78 is 24.5. The molecular weight excluding hydrogens is 550 g/mol. The summed E-state index contributed by atoms with van der Waals surface area (Å²) >= 11 is 9.90. The highest BCUT2D eigenvalue weighted by molar-refractivity contribution is 9.10. The number of sulfone groups is 1. The summed E-state index contributed by atoms with van der Waals surface area (Å²) in [4.78, 5) is 11.7. The molecule has 0 atom stereocenters. The predicted octanol–water partition coefficient (Wildman–Crippen LogP) is 5.73. The Labute approximate surface area is 220 Å². The molecule has 2 aromatic carbocycles. The fraction of sp³-hybridized carbons (Fsp3) is 0.360. The highest BCUT2D eigenvalue weighted by Crippen LogP contribution is 2.28. The average molecular weight is 579 g/mol. The summed E-state index contributed by atoms with van der Waals surface area (Å²) in [5.41, 5.74) is 4.27. The maximum atomic E-state index is 11.7. The molecule has 0 aliphatic carbocycles. The molecule has 2 N–H and O–H groups in total. The number of hydrogen-bond donors (Lipinski definition) is 2. The van der Waals surface area contributed by atoms with Gasteiger partial charge >= 0.3 is 0 Å². The van der Waals surface area contributed by atoms with Gasteiger partial charge in [-0.1, -0.05) is 33.6 Å². The monoisotopic (exact) mass is 577 g/mol. The van der Waals surface area contributed by atoms with Crippen molar-refractivity contribution in [3.05, 3.63) is 68.8 Å². The van der Waals surface area contributed by atoms with Crippen molar-refractivity contribution in [3.8, 4) is 0 Å². The van der Waals surface area contributed by atoms with Gasteiger partial charge < -0.3 is 10.6 Å². The Morgan fingerprint density at radius 3 is 2.43 bits per heavy atom. The topological polar surface area (TPSA) is 87.2 Å². The van der Waals surface area contributed by atoms with Gasteiger partial charge in [-0.15, -0.1) is 0 Å². The van der Waals surface area contributed by atoms with Gasteiger partial charge in [0.15, 0.2) is 9.84 Å². The lowest BCUT2D eigenvalue weighted by atomic mass is 10.0. The van der Waals surface area contributed by atoms with Gasteiger partial charge in [0.2, 0.25) is 5.95 Å². The molecule has 7 nitrogen and oxygen atoms in total. The summed E-state index contributed by atoms with van der Waals surface area (Å²) in [6, 6.07) is 11.3. The molecule has 0 spiro atoms. The molecule has 1 aromatic heterocycles. The van der Waals surface area contributed by atoms with Gasteiger partial charge in [0.25, 0.3) is 0 Å². The van der Waals surface area contributed by atoms with E-state index in [4.69, 9.17) is 11.6 Å². The molecule has 35 heavy (non-hydrogen) atoms. The van der Waals surface area contributed by atoms with Crippen LogP contribution in [0.25, 0.3) is 0 Å². The molecule has 3 aromatic rings. The van der Waals surface area contributed by atoms with E-state index in [-0.39, 0.29) is 10.9 Å². The molecule has 1 saturated heterocycles. The molecule has 1 fully saturated rings. The van der Waals surface area contributed by atoms with E-state index >= 15 is 0 Å². The van der Waals surface area contributed by atoms with Gasteiger partial charge in [0.05, 0.1) is 4.90 Å². The van der Waals surface area contributed by atoms with Crippen LogP contribution in [0.5, 0.6) is 0 Å². The number of piperidine rings is 1. The SMILES string of the molecule is Cc1cc(Br)cc(C)c1Nc1ccnc(NC2CCN(Cc3ccc(S(C)(=O)=O)cc3Cl)CC2)n1. The van der Waals surface area contributed by atoms with E-state index in [2.05, 4.69) is 67.4 Å². The second kappa shape index (κ2) is 10.8. The van der Waals surface area contributed by atoms with E-state index in [0.717, 1.165) is 58.6 Å². The fourth-order valence-electron chi connectivity index (χ4n) is 4.28. The normalized spacial score (nSPS) is 15.2. The second-order valence-corrected chi connectivity index (χ2v) is 12.4. The molecule has 0 bridgehead atoms. The summed E-state index contributed by atoms with van der Waals surface area (Å²) in [6.45, 7) is 6.63. The van der Waals surface area contributed by atoms with Crippen molar-refractivity contribution in [3.63, 3.8) is 0 Å². The van der Waals surface area contributed by atoms with Crippen molar-refractivity contribution in [1.29, 1.82) is 0 Å². The summed E-state index contributed by atoms with van der Waals surface area (Å²) in [7, 11) is -3.26. The molecule has 0 radical (unpaired) electrons. The summed E-state index contributed by atoms with van der Waals surface area (Å²) in [6.07, 6.45) is 4.85. The highest BCUT2D eigenvalue weighted by Gasteiger charge is 2.21. The first-order chi connectivity index (χ1) is 16.6. The smallest absolute Gasteiger partial charge is 0.224 e. The summed E-state index contributed by atoms with van der Waals surface area (Å²) in [5.74, 6) is 1.36. The van der Waals surface area contributed by atoms with Crippen LogP contribution >= 0.6 is 27.5 Å². The minimum atomic E-state index is -3.26. The van der Waals surface area contributed by atoms with Crippen LogP contribution in [-0.4, -0.2) is 48.7 Å². The molecule has 1 aliphatic heterocycles. The number of nitrogens with one attached hydrogen (secondary N) is 2. The number of aryl methyl sites for hydroxylation is 2. The highest BCUT2D eigenvalue weighted by atomic mass is 79.9. The number of likely N-dealkylation sites (tertiary alicyclic amines) is 1. The zero-order chi connectivity index (χ0) is 25.2. The molecule has 1 aliphatic rings. The third-order valence-corrected chi connectivity index (χ3v) is 8.09. The van der Waals surface area contributed by atoms with Crippen molar-refractivity contribution < 1.29 is 8.42 Å². The maximum Gasteiger partial charge on any atom is 0.224 e. The van der Waals surface area contributed by atoms with Crippen LogP contribution in [0.15, 0.2) is 52.0 Å². The average Bonchev–Trinajstić information content (AvgIpc) is 2.78. The van der Waals surface area contributed by atoms with Crippen molar-refractivity contribution in [2.75, 3.05) is 30.0 Å². The third kappa shape index (κ3) is 6.73. The Balaban J connectivity index is 1.33. The minimum Gasteiger partial charge on any atom is -0.351 e. The van der Waals surface area contributed by atoms with Crippen LogP contribution in [0.1, 0.15) is 29.5 Å². The Hall–Kier alpha value is -2.20. The predicted molar refractivity (Wildman–Crippen MR) is 145 cm³/mol. The number of nitrogens with zero attached hydrogens (tertiary/aromatic N) is 3. The Kier molecular flexibility index (Phi) is 8.00. The fourth-order valence-corrected chi connectivity index (χ4v) is 5.92. The van der Waals surface area contributed by atoms with E-state index in [1.165, 1.54) is 12.3 Å². The lowest BCUT2D eigenvalue weighted by Gasteiger charge is -2.32. The Morgan fingerprint density at radius 2 is 1.80 bits per heavy atom. The molecule has 0 saturated carbocycles. The number of aromatic nitrogens is 2. The van der Waals surface area contributed by atoms with Crippen molar-refractivity contribution in [2.45, 2.75) is 44.2 Å². The standard InChI is InChI=1S/C25H29BrClN5O2S/c1-16-12-19(26)13-17(2)24(16)30-23-6-9-28-25(31-23)29-20-7-10-32(11-8-20)15-18-4-5-21(14-22(18)27)35(3,33)34/h4-6,9,12-14,20H,7-8,10-11,15H2,1-3H3,(H2,28,29,30,31). The van der Waals surface area contributed by atoms with Gasteiger partial charge in [-0.3, -0.25) is 4.90 Å². The van der Waals surface area contributed by atoms with Crippen molar-refractivity contribution in [1.82, 2.24) is 14.9 Å². The maximum absolute atomic E-state index is 11.7. The summed E-state index contributed by atoms with van der Waals surface area (Å²) in [5, 5.41) is 7.39. The molecule has 2 heterocycles. The first-order valence-electron chi connectivity index (χ1n) is 11.4. The van der Waals surface area contributed by atoms with Gasteiger partial charge in [-0.2, -0.15) is 4.98 Å². The van der Waals surface area contributed by atoms with Crippen molar-refractivity contribution >= 4 is 54.8 Å². The van der Waals surface area contributed by atoms with Gasteiger partial charge in [-0.25, -0.2) is 13.4 Å². The van der Waals surface area contributed by atoms with E-state index in [1.54, 1.807) is 12.3 Å². The van der Waals surface area contributed by atoms with E-state index in [0.29, 0.717) is 17.5 Å². The van der Waals surface area contributed by atoms with Crippen LogP contribution < -0.4 is 10.6 Å². The third-order valence-electron chi connectivity index (χ3n) is 6.17. The lowest BCUT2D eigenvalue weighted by Crippen LogP contribution is -2.39. The van der Waals surface area contributed by atoms with Crippen molar-refractivity contribution in [2.24, 2.45) is 0 Å². The molecule has 0 unspecified atom stereocenters. The first-order valence-corrected chi connectivity index (χ1v) is 14.5. The van der Waals surface area contributed by atoms with Gasteiger partial charge in [-0.05, 0) is 73.7 Å². The van der Waals surface area contributed by atoms with Crippen LogP contribution in [0.2, 0.25) is 5.02 Å². The zero-order valence-corrected chi connectivity index (χ0v) is 23.1. The van der Waals surface area contributed by atoms with E-state index in [1.807, 2.05) is 12.1 Å². The second-order valence-electron chi connectivity index (χ2n) is 9.03. The van der Waals surface area contributed by atoms with Crippen LogP contribution in [0, 0.1) is 13.8 Å². The van der Waals surface area contributed by atoms with Crippen LogP contribution in [0.3, 0.4) is 0 Å². The molecule has 4 rings (SSSR count). The molecule has 0 amide bonds. The molecular formula is C25H29BrClN5O2S. The molecule has 10 heteroatoms. The number of anilines is 3. The van der Waals surface area contributed by atoms with Gasteiger partial charge in [0, 0.05) is 53.3 Å². The quantitative estimate of drug-likeness (QED) is 0.370. The molecule has 186 valence electrons. The van der Waals surface area contributed by atoms with Crippen LogP contribution in [-0.2, 0) is 16.4 Å². The Morgan fingerprint density at radius 1 is 1.11 bits per heavy atom. The lowest BCUT2D eigenvalue weighted by molar-refractivity contribution is 0.211. The van der Waals surface area contributed by atoms with E-state index < -0.39 is 9.84 Å². The van der Waals surface area contributed by atoms with E-state index in [9.17, 15) is 8.42 Å². The van der Waals surface area contributed by atoms with Crippen LogP contribution in [0.4, 0.5) is 17.5 Å². The number of halogens is 2. The Bertz CT molecular complexity index is 1300. The largest absolute Gasteiger partial charge is 0.351 e. The minimum absolute atomic E-state index is 0.247. The zero-order valence-electron chi connectivity index (χ0n) is 20.0.